The van der Waals surface area contributed by atoms with E-state index in [-0.39, 0.29) is 5.91 Å². The van der Waals surface area contributed by atoms with Crippen molar-refractivity contribution in [3.05, 3.63) is 66.5 Å². The highest BCUT2D eigenvalue weighted by Crippen LogP contribution is 2.20. The minimum Gasteiger partial charge on any atom is -0.449 e. The van der Waals surface area contributed by atoms with Crippen molar-refractivity contribution in [1.29, 1.82) is 0 Å². The van der Waals surface area contributed by atoms with Gasteiger partial charge in [-0.1, -0.05) is 18.2 Å². The first-order valence-corrected chi connectivity index (χ1v) is 7.42. The number of carbonyl (C=O) groups is 1. The summed E-state index contributed by atoms with van der Waals surface area (Å²) >= 11 is 0. The van der Waals surface area contributed by atoms with Crippen LogP contribution in [0.15, 0.2) is 59.5 Å². The van der Waals surface area contributed by atoms with E-state index in [2.05, 4.69) is 15.3 Å². The SMILES string of the molecule is Cc1nc(-c2ccc(NC(=O)CCc3cccnc3)cc2)co1. The van der Waals surface area contributed by atoms with Gasteiger partial charge in [0.05, 0.1) is 0 Å². The molecule has 0 bridgehead atoms. The third-order valence-corrected chi connectivity index (χ3v) is 3.45. The van der Waals surface area contributed by atoms with Crippen LogP contribution in [0.1, 0.15) is 17.9 Å². The normalized spacial score (nSPS) is 10.5. The molecule has 0 aliphatic rings. The average Bonchev–Trinajstić information content (AvgIpc) is 3.01. The number of anilines is 1. The monoisotopic (exact) mass is 307 g/mol. The Labute approximate surface area is 134 Å². The molecule has 0 atom stereocenters. The minimum absolute atomic E-state index is 0.0149. The van der Waals surface area contributed by atoms with Gasteiger partial charge in [-0.15, -0.1) is 0 Å². The van der Waals surface area contributed by atoms with Gasteiger partial charge in [-0.3, -0.25) is 9.78 Å². The summed E-state index contributed by atoms with van der Waals surface area (Å²) in [6.45, 7) is 1.81. The Bertz CT molecular complexity index is 780. The van der Waals surface area contributed by atoms with E-state index < -0.39 is 0 Å². The molecule has 1 aromatic carbocycles. The first-order valence-electron chi connectivity index (χ1n) is 7.42. The molecule has 116 valence electrons. The topological polar surface area (TPSA) is 68.0 Å². The van der Waals surface area contributed by atoms with Gasteiger partial charge in [0.2, 0.25) is 5.91 Å². The highest BCUT2D eigenvalue weighted by Gasteiger charge is 2.06. The number of oxazole rings is 1. The Morgan fingerprint density at radius 1 is 1.22 bits per heavy atom. The maximum absolute atomic E-state index is 12.0. The summed E-state index contributed by atoms with van der Waals surface area (Å²) in [4.78, 5) is 20.3. The Morgan fingerprint density at radius 2 is 2.04 bits per heavy atom. The van der Waals surface area contributed by atoms with Gasteiger partial charge in [-0.2, -0.15) is 0 Å². The summed E-state index contributed by atoms with van der Waals surface area (Å²) in [5.74, 6) is 0.617. The molecule has 5 heteroatoms. The first kappa shape index (κ1) is 15.0. The van der Waals surface area contributed by atoms with Crippen molar-refractivity contribution in [2.45, 2.75) is 19.8 Å². The zero-order chi connectivity index (χ0) is 16.1. The second-order valence-corrected chi connectivity index (χ2v) is 5.24. The number of carbonyl (C=O) groups excluding carboxylic acids is 1. The van der Waals surface area contributed by atoms with Crippen molar-refractivity contribution >= 4 is 11.6 Å². The maximum atomic E-state index is 12.0. The molecule has 1 amide bonds. The van der Waals surface area contributed by atoms with E-state index in [0.29, 0.717) is 18.7 Å². The van der Waals surface area contributed by atoms with Gasteiger partial charge in [0.15, 0.2) is 5.89 Å². The lowest BCUT2D eigenvalue weighted by molar-refractivity contribution is -0.116. The number of nitrogens with zero attached hydrogens (tertiary/aromatic N) is 2. The Kier molecular flexibility index (Phi) is 4.47. The van der Waals surface area contributed by atoms with Crippen LogP contribution in [0.5, 0.6) is 0 Å². The van der Waals surface area contributed by atoms with Crippen molar-refractivity contribution in [1.82, 2.24) is 9.97 Å². The Morgan fingerprint density at radius 3 is 2.70 bits per heavy atom. The predicted octanol–water partition coefficient (Wildman–Crippen LogP) is 3.62. The Balaban J connectivity index is 1.56. The van der Waals surface area contributed by atoms with E-state index >= 15 is 0 Å². The van der Waals surface area contributed by atoms with Gasteiger partial charge < -0.3 is 9.73 Å². The molecule has 23 heavy (non-hydrogen) atoms. The molecular formula is C18H17N3O2. The van der Waals surface area contributed by atoms with Crippen molar-refractivity contribution < 1.29 is 9.21 Å². The van der Waals surface area contributed by atoms with Crippen molar-refractivity contribution in [2.75, 3.05) is 5.32 Å². The highest BCUT2D eigenvalue weighted by atomic mass is 16.3. The molecule has 0 saturated carbocycles. The van der Waals surface area contributed by atoms with E-state index in [0.717, 1.165) is 22.5 Å². The summed E-state index contributed by atoms with van der Waals surface area (Å²) < 4.78 is 5.20. The van der Waals surface area contributed by atoms with Gasteiger partial charge in [0.25, 0.3) is 0 Å². The second kappa shape index (κ2) is 6.87. The van der Waals surface area contributed by atoms with Gasteiger partial charge >= 0.3 is 0 Å². The van der Waals surface area contributed by atoms with Crippen molar-refractivity contribution in [2.24, 2.45) is 0 Å². The van der Waals surface area contributed by atoms with Crippen LogP contribution in [0.2, 0.25) is 0 Å². The van der Waals surface area contributed by atoms with Gasteiger partial charge in [0.1, 0.15) is 12.0 Å². The largest absolute Gasteiger partial charge is 0.449 e. The van der Waals surface area contributed by atoms with Crippen LogP contribution in [0.3, 0.4) is 0 Å². The number of amides is 1. The molecule has 3 aromatic rings. The lowest BCUT2D eigenvalue weighted by Gasteiger charge is -2.06. The number of rotatable bonds is 5. The zero-order valence-corrected chi connectivity index (χ0v) is 12.8. The third-order valence-electron chi connectivity index (χ3n) is 3.45. The van der Waals surface area contributed by atoms with Gasteiger partial charge in [-0.25, -0.2) is 4.98 Å². The summed E-state index contributed by atoms with van der Waals surface area (Å²) in [6.07, 6.45) is 6.23. The van der Waals surface area contributed by atoms with Crippen LogP contribution < -0.4 is 5.32 Å². The lowest BCUT2D eigenvalue weighted by Crippen LogP contribution is -2.12. The fourth-order valence-corrected chi connectivity index (χ4v) is 2.25. The molecule has 0 saturated heterocycles. The molecule has 1 N–H and O–H groups in total. The fourth-order valence-electron chi connectivity index (χ4n) is 2.25. The number of aromatic nitrogens is 2. The van der Waals surface area contributed by atoms with E-state index in [1.54, 1.807) is 25.6 Å². The van der Waals surface area contributed by atoms with Crippen LogP contribution in [-0.4, -0.2) is 15.9 Å². The molecule has 2 aromatic heterocycles. The smallest absolute Gasteiger partial charge is 0.224 e. The molecule has 0 radical (unpaired) electrons. The minimum atomic E-state index is -0.0149. The van der Waals surface area contributed by atoms with Crippen molar-refractivity contribution in [3.63, 3.8) is 0 Å². The quantitative estimate of drug-likeness (QED) is 0.781. The number of aryl methyl sites for hydroxylation is 2. The Hall–Kier alpha value is -2.95. The zero-order valence-electron chi connectivity index (χ0n) is 12.8. The summed E-state index contributed by atoms with van der Waals surface area (Å²) in [5, 5.41) is 2.89. The molecule has 5 nitrogen and oxygen atoms in total. The fraction of sp³-hybridized carbons (Fsp3) is 0.167. The van der Waals surface area contributed by atoms with Crippen LogP contribution in [0.25, 0.3) is 11.3 Å². The average molecular weight is 307 g/mol. The van der Waals surface area contributed by atoms with E-state index in [1.165, 1.54) is 0 Å². The first-order chi connectivity index (χ1) is 11.2. The number of nitrogens with one attached hydrogen (secondary N) is 1. The molecular weight excluding hydrogens is 290 g/mol. The molecule has 0 spiro atoms. The van der Waals surface area contributed by atoms with Gasteiger partial charge in [-0.05, 0) is 30.2 Å². The van der Waals surface area contributed by atoms with Crippen LogP contribution >= 0.6 is 0 Å². The summed E-state index contributed by atoms with van der Waals surface area (Å²) in [7, 11) is 0. The third kappa shape index (κ3) is 4.03. The number of hydrogen-bond acceptors (Lipinski definition) is 4. The van der Waals surface area contributed by atoms with Gasteiger partial charge in [0, 0.05) is 37.0 Å². The standard InChI is InChI=1S/C18H17N3O2/c1-13-20-17(12-23-13)15-5-7-16(8-6-15)21-18(22)9-4-14-3-2-10-19-11-14/h2-3,5-8,10-12H,4,9H2,1H3,(H,21,22). The molecule has 0 fully saturated rings. The lowest BCUT2D eigenvalue weighted by atomic mass is 10.1. The predicted molar refractivity (Wildman–Crippen MR) is 87.9 cm³/mol. The maximum Gasteiger partial charge on any atom is 0.224 e. The van der Waals surface area contributed by atoms with Crippen LogP contribution in [0, 0.1) is 6.92 Å². The van der Waals surface area contributed by atoms with E-state index in [9.17, 15) is 4.79 Å². The second-order valence-electron chi connectivity index (χ2n) is 5.24. The van der Waals surface area contributed by atoms with E-state index in [1.807, 2.05) is 36.4 Å². The molecule has 0 aliphatic carbocycles. The number of benzene rings is 1. The van der Waals surface area contributed by atoms with Crippen LogP contribution in [-0.2, 0) is 11.2 Å². The summed E-state index contributed by atoms with van der Waals surface area (Å²) in [6, 6.07) is 11.4. The van der Waals surface area contributed by atoms with Crippen LogP contribution in [0.4, 0.5) is 5.69 Å². The highest BCUT2D eigenvalue weighted by molar-refractivity contribution is 5.91. The molecule has 0 unspecified atom stereocenters. The number of hydrogen-bond donors (Lipinski definition) is 1. The number of pyridine rings is 1. The van der Waals surface area contributed by atoms with Crippen molar-refractivity contribution in [3.8, 4) is 11.3 Å². The van der Waals surface area contributed by atoms with E-state index in [4.69, 9.17) is 4.42 Å². The molecule has 0 aliphatic heterocycles. The summed E-state index contributed by atoms with van der Waals surface area (Å²) in [5.41, 5.74) is 3.57. The molecule has 2 heterocycles. The molecule has 3 rings (SSSR count).